The van der Waals surface area contributed by atoms with Crippen molar-refractivity contribution in [2.24, 2.45) is 0 Å². The topological polar surface area (TPSA) is 26.1 Å². The summed E-state index contributed by atoms with van der Waals surface area (Å²) in [6.07, 6.45) is 0. The second-order valence-corrected chi connectivity index (χ2v) is 1.42. The normalized spacial score (nSPS) is 18.0. The van der Waals surface area contributed by atoms with Crippen molar-refractivity contribution in [1.29, 1.82) is 0 Å². The number of hydrogen-bond donors (Lipinski definition) is 1. The molecule has 0 saturated carbocycles. The number of rotatable bonds is 0. The molecule has 0 aromatic heterocycles. The van der Waals surface area contributed by atoms with Crippen LogP contribution in [0.25, 0.3) is 0 Å². The van der Waals surface area contributed by atoms with E-state index in [-0.39, 0.29) is 24.8 Å². The fourth-order valence-electron chi connectivity index (χ4n) is 0.553. The Morgan fingerprint density at radius 2 is 1.50 bits per heavy atom. The minimum atomic E-state index is 0. The van der Waals surface area contributed by atoms with Crippen LogP contribution in [0.1, 0.15) is 0 Å². The zero-order chi connectivity index (χ0) is 4.24. The van der Waals surface area contributed by atoms with Gasteiger partial charge in [-0.25, -0.2) is 5.32 Å². The van der Waals surface area contributed by atoms with Crippen molar-refractivity contribution in [2.75, 3.05) is 26.2 Å². The molecule has 0 atom stereocenters. The molecule has 1 fully saturated rings. The van der Waals surface area contributed by atoms with Crippen molar-refractivity contribution < 1.29 is 0 Å². The van der Waals surface area contributed by atoms with Gasteiger partial charge in [-0.15, -0.1) is 24.8 Å². The highest BCUT2D eigenvalue weighted by Gasteiger charge is 1.93. The fraction of sp³-hybridized carbons (Fsp3) is 1.00. The molecule has 4 heteroatoms. The van der Waals surface area contributed by atoms with Gasteiger partial charge in [-0.1, -0.05) is 0 Å². The first-order valence-corrected chi connectivity index (χ1v) is 2.34. The molecule has 0 bridgehead atoms. The van der Waals surface area contributed by atoms with Crippen LogP contribution in [0.5, 0.6) is 0 Å². The lowest BCUT2D eigenvalue weighted by molar-refractivity contribution is 0.526. The van der Waals surface area contributed by atoms with Crippen LogP contribution in [-0.4, -0.2) is 26.2 Å². The van der Waals surface area contributed by atoms with Crippen LogP contribution in [0.2, 0.25) is 0 Å². The molecule has 2 nitrogen and oxygen atoms in total. The Kier molecular flexibility index (Phi) is 10.6. The van der Waals surface area contributed by atoms with Crippen LogP contribution in [-0.2, 0) is 0 Å². The first kappa shape index (κ1) is 11.3. The Morgan fingerprint density at radius 1 is 1.00 bits per heavy atom. The smallest absolute Gasteiger partial charge is 0.0259 e. The molecular formula is C4H11Cl2N2. The molecule has 1 saturated heterocycles. The maximum atomic E-state index is 4.11. The van der Waals surface area contributed by atoms with E-state index in [0.717, 1.165) is 26.2 Å². The van der Waals surface area contributed by atoms with Crippen molar-refractivity contribution in [3.05, 3.63) is 0 Å². The van der Waals surface area contributed by atoms with E-state index < -0.39 is 0 Å². The number of piperazine rings is 1. The Morgan fingerprint density at radius 3 is 1.62 bits per heavy atom. The van der Waals surface area contributed by atoms with E-state index in [0.29, 0.717) is 0 Å². The van der Waals surface area contributed by atoms with Gasteiger partial charge in [-0.2, -0.15) is 0 Å². The maximum absolute atomic E-state index is 4.11. The molecule has 1 aliphatic heterocycles. The molecule has 8 heavy (non-hydrogen) atoms. The first-order valence-electron chi connectivity index (χ1n) is 2.34. The van der Waals surface area contributed by atoms with Gasteiger partial charge in [0.25, 0.3) is 0 Å². The van der Waals surface area contributed by atoms with E-state index in [1.54, 1.807) is 0 Å². The fourth-order valence-corrected chi connectivity index (χ4v) is 0.553. The van der Waals surface area contributed by atoms with Gasteiger partial charge in [-0.3, -0.25) is 0 Å². The lowest BCUT2D eigenvalue weighted by Gasteiger charge is -2.09. The van der Waals surface area contributed by atoms with Crippen LogP contribution in [0.15, 0.2) is 0 Å². The monoisotopic (exact) mass is 157 g/mol. The molecule has 0 unspecified atom stereocenters. The van der Waals surface area contributed by atoms with Crippen molar-refractivity contribution in [1.82, 2.24) is 10.6 Å². The highest BCUT2D eigenvalue weighted by Crippen LogP contribution is 1.68. The Labute approximate surface area is 62.2 Å². The number of hydrogen-bond acceptors (Lipinski definition) is 1. The van der Waals surface area contributed by atoms with Crippen molar-refractivity contribution >= 4 is 24.8 Å². The number of nitrogens with zero attached hydrogens (tertiary/aromatic N) is 1. The van der Waals surface area contributed by atoms with Gasteiger partial charge < -0.3 is 5.32 Å². The summed E-state index contributed by atoms with van der Waals surface area (Å²) in [4.78, 5) is 0. The van der Waals surface area contributed by atoms with Crippen LogP contribution in [0.4, 0.5) is 0 Å². The molecular weight excluding hydrogens is 147 g/mol. The highest BCUT2D eigenvalue weighted by atomic mass is 35.5. The predicted octanol–water partition coefficient (Wildman–Crippen LogP) is 0.0376. The minimum absolute atomic E-state index is 0. The molecule has 0 aromatic rings. The van der Waals surface area contributed by atoms with Gasteiger partial charge in [0.1, 0.15) is 0 Å². The SMILES string of the molecule is C1CNCC[N]1.Cl.Cl. The Hall–Kier alpha value is 0.500. The van der Waals surface area contributed by atoms with E-state index in [9.17, 15) is 0 Å². The predicted molar refractivity (Wildman–Crippen MR) is 39.2 cm³/mol. The summed E-state index contributed by atoms with van der Waals surface area (Å²) in [5.41, 5.74) is 0. The second-order valence-electron chi connectivity index (χ2n) is 1.42. The zero-order valence-electron chi connectivity index (χ0n) is 4.59. The van der Waals surface area contributed by atoms with Gasteiger partial charge in [0.15, 0.2) is 0 Å². The molecule has 0 spiro atoms. The molecule has 1 radical (unpaired) electrons. The summed E-state index contributed by atoms with van der Waals surface area (Å²) in [7, 11) is 0. The third-order valence-corrected chi connectivity index (χ3v) is 0.893. The summed E-state index contributed by atoms with van der Waals surface area (Å²) in [5, 5.41) is 7.31. The standard InChI is InChI=1S/C4H9N2.2ClH/c1-2-6-4-3-5-1;;/h5H,1-4H2;2*1H. The largest absolute Gasteiger partial charge is 0.314 e. The average Bonchev–Trinajstić information content (AvgIpc) is 1.72. The summed E-state index contributed by atoms with van der Waals surface area (Å²) < 4.78 is 0. The second kappa shape index (κ2) is 7.50. The summed E-state index contributed by atoms with van der Waals surface area (Å²) in [6, 6.07) is 0. The third kappa shape index (κ3) is 4.65. The van der Waals surface area contributed by atoms with E-state index in [1.165, 1.54) is 0 Å². The van der Waals surface area contributed by atoms with E-state index >= 15 is 0 Å². The molecule has 1 N–H and O–H groups in total. The van der Waals surface area contributed by atoms with Gasteiger partial charge in [0.05, 0.1) is 0 Å². The molecule has 1 aliphatic rings. The van der Waals surface area contributed by atoms with E-state index in [2.05, 4.69) is 10.6 Å². The summed E-state index contributed by atoms with van der Waals surface area (Å²) in [5.74, 6) is 0. The molecule has 51 valence electrons. The van der Waals surface area contributed by atoms with Crippen LogP contribution in [0, 0.1) is 0 Å². The van der Waals surface area contributed by atoms with Gasteiger partial charge in [-0.05, 0) is 0 Å². The maximum Gasteiger partial charge on any atom is 0.0259 e. The summed E-state index contributed by atoms with van der Waals surface area (Å²) in [6.45, 7) is 4.19. The van der Waals surface area contributed by atoms with Crippen molar-refractivity contribution in [3.63, 3.8) is 0 Å². The average molecular weight is 158 g/mol. The summed E-state index contributed by atoms with van der Waals surface area (Å²) >= 11 is 0. The van der Waals surface area contributed by atoms with E-state index in [4.69, 9.17) is 0 Å². The molecule has 0 aromatic carbocycles. The van der Waals surface area contributed by atoms with Crippen molar-refractivity contribution in [2.45, 2.75) is 0 Å². The van der Waals surface area contributed by atoms with Crippen molar-refractivity contribution in [3.8, 4) is 0 Å². The van der Waals surface area contributed by atoms with Gasteiger partial charge in [0, 0.05) is 26.2 Å². The molecule has 0 amide bonds. The van der Waals surface area contributed by atoms with E-state index in [1.807, 2.05) is 0 Å². The lowest BCUT2D eigenvalue weighted by Crippen LogP contribution is -2.35. The first-order chi connectivity index (χ1) is 3.00. The lowest BCUT2D eigenvalue weighted by atomic mass is 10.4. The third-order valence-electron chi connectivity index (χ3n) is 0.893. The number of halogens is 2. The molecule has 0 aliphatic carbocycles. The van der Waals surface area contributed by atoms with Crippen LogP contribution >= 0.6 is 24.8 Å². The van der Waals surface area contributed by atoms with Gasteiger partial charge in [0.2, 0.25) is 0 Å². The molecule has 1 heterocycles. The quantitative estimate of drug-likeness (QED) is 0.529. The Balaban J connectivity index is 0. The van der Waals surface area contributed by atoms with Gasteiger partial charge >= 0.3 is 0 Å². The number of nitrogens with one attached hydrogen (secondary N) is 1. The molecule has 1 rings (SSSR count). The van der Waals surface area contributed by atoms with Crippen LogP contribution in [0.3, 0.4) is 0 Å². The zero-order valence-corrected chi connectivity index (χ0v) is 6.23. The van der Waals surface area contributed by atoms with Crippen LogP contribution < -0.4 is 10.6 Å². The minimum Gasteiger partial charge on any atom is -0.314 e. The highest BCUT2D eigenvalue weighted by molar-refractivity contribution is 5.85. The Bertz CT molecular complexity index is 27.5.